The Hall–Kier alpha value is -2.05. The summed E-state index contributed by atoms with van der Waals surface area (Å²) in [4.78, 5) is 0.285. The first-order chi connectivity index (χ1) is 11.9. The third-order valence-corrected chi connectivity index (χ3v) is 6.32. The van der Waals surface area contributed by atoms with Gasteiger partial charge in [-0.25, -0.2) is 8.42 Å². The summed E-state index contributed by atoms with van der Waals surface area (Å²) in [7, 11) is -2.00. The van der Waals surface area contributed by atoms with Gasteiger partial charge < -0.3 is 9.47 Å². The minimum atomic E-state index is -3.61. The Balaban J connectivity index is 1.92. The number of sulfonamides is 1. The molecule has 1 heterocycles. The zero-order valence-corrected chi connectivity index (χ0v) is 15.5. The molecule has 6 heteroatoms. The molecule has 1 atom stereocenters. The van der Waals surface area contributed by atoms with Crippen molar-refractivity contribution in [3.8, 4) is 5.75 Å². The molecule has 2 aromatic carbocycles. The van der Waals surface area contributed by atoms with Crippen LogP contribution >= 0.6 is 0 Å². The van der Waals surface area contributed by atoms with Gasteiger partial charge in [-0.2, -0.15) is 0 Å². The van der Waals surface area contributed by atoms with Gasteiger partial charge in [-0.05, 0) is 55.7 Å². The molecule has 2 aromatic rings. The van der Waals surface area contributed by atoms with Crippen molar-refractivity contribution in [2.75, 3.05) is 24.6 Å². The molecular weight excluding hydrogens is 338 g/mol. The Morgan fingerprint density at radius 3 is 2.64 bits per heavy atom. The number of benzene rings is 2. The van der Waals surface area contributed by atoms with Crippen LogP contribution in [0.4, 0.5) is 5.69 Å². The van der Waals surface area contributed by atoms with Crippen LogP contribution in [0.1, 0.15) is 18.1 Å². The molecule has 1 unspecified atom stereocenters. The molecule has 0 aliphatic carbocycles. The van der Waals surface area contributed by atoms with E-state index in [0.717, 1.165) is 23.2 Å². The van der Waals surface area contributed by atoms with Crippen LogP contribution in [0.25, 0.3) is 0 Å². The first-order valence-corrected chi connectivity index (χ1v) is 9.74. The Morgan fingerprint density at radius 2 is 1.92 bits per heavy atom. The maximum atomic E-state index is 13.2. The van der Waals surface area contributed by atoms with Crippen molar-refractivity contribution in [2.45, 2.75) is 31.2 Å². The number of fused-ring (bicyclic) bond motifs is 1. The fourth-order valence-corrected chi connectivity index (χ4v) is 4.97. The van der Waals surface area contributed by atoms with E-state index in [2.05, 4.69) is 0 Å². The van der Waals surface area contributed by atoms with Gasteiger partial charge in [0.05, 0.1) is 17.2 Å². The largest absolute Gasteiger partial charge is 0.491 e. The molecule has 0 bridgehead atoms. The summed E-state index contributed by atoms with van der Waals surface area (Å²) >= 11 is 0. The average Bonchev–Trinajstić information content (AvgIpc) is 2.92. The van der Waals surface area contributed by atoms with Crippen LogP contribution < -0.4 is 9.04 Å². The number of hydrogen-bond donors (Lipinski definition) is 0. The second-order valence-corrected chi connectivity index (χ2v) is 8.07. The number of rotatable bonds is 6. The highest BCUT2D eigenvalue weighted by molar-refractivity contribution is 7.92. The molecule has 0 aromatic heterocycles. The number of aryl methyl sites for hydroxylation is 1. The van der Waals surface area contributed by atoms with Gasteiger partial charge in [0.1, 0.15) is 12.4 Å². The van der Waals surface area contributed by atoms with Gasteiger partial charge in [-0.1, -0.05) is 18.2 Å². The van der Waals surface area contributed by atoms with Gasteiger partial charge in [0.15, 0.2) is 0 Å². The molecule has 25 heavy (non-hydrogen) atoms. The Kier molecular flexibility index (Phi) is 5.01. The predicted molar refractivity (Wildman–Crippen MR) is 97.8 cm³/mol. The number of methoxy groups -OCH3 is 1. The molecule has 0 N–H and O–H groups in total. The van der Waals surface area contributed by atoms with Crippen LogP contribution in [0.3, 0.4) is 0 Å². The van der Waals surface area contributed by atoms with Crippen LogP contribution in [0.2, 0.25) is 0 Å². The van der Waals surface area contributed by atoms with E-state index in [1.807, 2.05) is 38.1 Å². The van der Waals surface area contributed by atoms with Crippen LogP contribution in [0.15, 0.2) is 47.4 Å². The normalized spacial score (nSPS) is 16.8. The average molecular weight is 361 g/mol. The number of ether oxygens (including phenoxy) is 2. The minimum absolute atomic E-state index is 0.0969. The summed E-state index contributed by atoms with van der Waals surface area (Å²) in [5.41, 5.74) is 2.63. The lowest BCUT2D eigenvalue weighted by Crippen LogP contribution is -2.35. The Labute approximate surface area is 149 Å². The van der Waals surface area contributed by atoms with E-state index in [9.17, 15) is 8.42 Å². The molecule has 0 saturated carbocycles. The lowest BCUT2D eigenvalue weighted by molar-refractivity contribution is 0.146. The van der Waals surface area contributed by atoms with Crippen LogP contribution in [-0.4, -0.2) is 34.8 Å². The summed E-state index contributed by atoms with van der Waals surface area (Å²) in [5, 5.41) is 0. The van der Waals surface area contributed by atoms with Gasteiger partial charge in [0.25, 0.3) is 10.0 Å². The topological polar surface area (TPSA) is 55.8 Å². The summed E-state index contributed by atoms with van der Waals surface area (Å²) in [6, 6.07) is 12.6. The molecule has 0 radical (unpaired) electrons. The van der Waals surface area contributed by atoms with E-state index in [-0.39, 0.29) is 10.9 Å². The third-order valence-electron chi connectivity index (χ3n) is 4.39. The molecular formula is C19H23NO4S. The van der Waals surface area contributed by atoms with Crippen molar-refractivity contribution < 1.29 is 17.9 Å². The SMILES string of the molecule is COCCOc1ccc(S(=O)(=O)N2c3ccccc3CC2C)cc1C. The fourth-order valence-electron chi connectivity index (χ4n) is 3.20. The smallest absolute Gasteiger partial charge is 0.264 e. The molecule has 0 fully saturated rings. The summed E-state index contributed by atoms with van der Waals surface area (Å²) in [6.07, 6.45) is 0.729. The first kappa shape index (κ1) is 17.8. The first-order valence-electron chi connectivity index (χ1n) is 8.30. The van der Waals surface area contributed by atoms with Crippen molar-refractivity contribution in [1.82, 2.24) is 0 Å². The van der Waals surface area contributed by atoms with Crippen molar-refractivity contribution in [2.24, 2.45) is 0 Å². The van der Waals surface area contributed by atoms with Gasteiger partial charge in [-0.15, -0.1) is 0 Å². The Morgan fingerprint density at radius 1 is 1.16 bits per heavy atom. The fraction of sp³-hybridized carbons (Fsp3) is 0.368. The van der Waals surface area contributed by atoms with Gasteiger partial charge >= 0.3 is 0 Å². The van der Waals surface area contributed by atoms with Crippen LogP contribution in [0.5, 0.6) is 5.75 Å². The zero-order chi connectivity index (χ0) is 18.0. The molecule has 0 amide bonds. The molecule has 134 valence electrons. The molecule has 5 nitrogen and oxygen atoms in total. The summed E-state index contributed by atoms with van der Waals surface area (Å²) < 4.78 is 38.5. The van der Waals surface area contributed by atoms with E-state index in [1.54, 1.807) is 25.3 Å². The van der Waals surface area contributed by atoms with Crippen molar-refractivity contribution >= 4 is 15.7 Å². The summed E-state index contributed by atoms with van der Waals surface area (Å²) in [6.45, 7) is 4.71. The lowest BCUT2D eigenvalue weighted by atomic mass is 10.1. The quantitative estimate of drug-likeness (QED) is 0.742. The standard InChI is InChI=1S/C19H23NO4S/c1-14-12-17(8-9-19(14)24-11-10-23-3)25(21,22)20-15(2)13-16-6-4-5-7-18(16)20/h4-9,12,15H,10-11,13H2,1-3H3. The predicted octanol–water partition coefficient (Wildman–Crippen LogP) is 3.16. The summed E-state index contributed by atoms with van der Waals surface area (Å²) in [5.74, 6) is 0.672. The number of para-hydroxylation sites is 1. The van der Waals surface area contributed by atoms with Crippen LogP contribution in [0, 0.1) is 6.92 Å². The van der Waals surface area contributed by atoms with E-state index in [1.165, 1.54) is 4.31 Å². The van der Waals surface area contributed by atoms with Gasteiger partial charge in [0, 0.05) is 13.2 Å². The van der Waals surface area contributed by atoms with Gasteiger partial charge in [-0.3, -0.25) is 4.31 Å². The maximum Gasteiger partial charge on any atom is 0.264 e. The lowest BCUT2D eigenvalue weighted by Gasteiger charge is -2.25. The Bertz CT molecular complexity index is 863. The van der Waals surface area contributed by atoms with E-state index in [4.69, 9.17) is 9.47 Å². The van der Waals surface area contributed by atoms with Crippen LogP contribution in [-0.2, 0) is 21.2 Å². The highest BCUT2D eigenvalue weighted by Crippen LogP contribution is 2.37. The second kappa shape index (κ2) is 7.06. The maximum absolute atomic E-state index is 13.2. The van der Waals surface area contributed by atoms with E-state index in [0.29, 0.717) is 19.0 Å². The zero-order valence-electron chi connectivity index (χ0n) is 14.7. The van der Waals surface area contributed by atoms with E-state index >= 15 is 0 Å². The minimum Gasteiger partial charge on any atom is -0.491 e. The number of anilines is 1. The molecule has 1 aliphatic heterocycles. The van der Waals surface area contributed by atoms with Crippen molar-refractivity contribution in [3.63, 3.8) is 0 Å². The molecule has 0 saturated heterocycles. The number of nitrogens with zero attached hydrogens (tertiary/aromatic N) is 1. The van der Waals surface area contributed by atoms with E-state index < -0.39 is 10.0 Å². The monoisotopic (exact) mass is 361 g/mol. The third kappa shape index (κ3) is 3.37. The molecule has 0 spiro atoms. The van der Waals surface area contributed by atoms with Gasteiger partial charge in [0.2, 0.25) is 0 Å². The highest BCUT2D eigenvalue weighted by Gasteiger charge is 2.35. The number of hydrogen-bond acceptors (Lipinski definition) is 4. The second-order valence-electron chi connectivity index (χ2n) is 6.25. The highest BCUT2D eigenvalue weighted by atomic mass is 32.2. The molecule has 1 aliphatic rings. The van der Waals surface area contributed by atoms with Crippen molar-refractivity contribution in [3.05, 3.63) is 53.6 Å². The van der Waals surface area contributed by atoms with Crippen molar-refractivity contribution in [1.29, 1.82) is 0 Å². The molecule has 3 rings (SSSR count).